The van der Waals surface area contributed by atoms with Crippen LogP contribution in [0.3, 0.4) is 0 Å². The van der Waals surface area contributed by atoms with Crippen LogP contribution in [0.2, 0.25) is 38.3 Å². The van der Waals surface area contributed by atoms with E-state index in [1.807, 2.05) is 6.92 Å². The van der Waals surface area contributed by atoms with Crippen molar-refractivity contribution in [3.8, 4) is 0 Å². The number of aliphatic carboxylic acids is 1. The Morgan fingerprint density at radius 2 is 1.77 bits per heavy atom. The van der Waals surface area contributed by atoms with Crippen LogP contribution in [0.5, 0.6) is 0 Å². The predicted molar refractivity (Wildman–Crippen MR) is 123 cm³/mol. The van der Waals surface area contributed by atoms with Crippen molar-refractivity contribution in [3.05, 3.63) is 0 Å². The van der Waals surface area contributed by atoms with Gasteiger partial charge in [-0.3, -0.25) is 14.4 Å². The quantitative estimate of drug-likeness (QED) is 0.246. The highest BCUT2D eigenvalue weighted by Crippen LogP contribution is 2.28. The first-order valence-corrected chi connectivity index (χ1v) is 17.8. The zero-order valence-electron chi connectivity index (χ0n) is 19.6. The minimum absolute atomic E-state index is 0.0565. The summed E-state index contributed by atoms with van der Waals surface area (Å²) in [6.45, 7) is 11.6. The molecule has 0 saturated carbocycles. The van der Waals surface area contributed by atoms with E-state index < -0.39 is 22.6 Å². The fourth-order valence-electron chi connectivity index (χ4n) is 4.33. The molecule has 0 spiro atoms. The minimum atomic E-state index is -1.87. The van der Waals surface area contributed by atoms with Gasteiger partial charge in [-0.1, -0.05) is 26.2 Å². The largest absolute Gasteiger partial charge is 0.481 e. The lowest BCUT2D eigenvalue weighted by atomic mass is 9.92. The molecule has 0 radical (unpaired) electrons. The van der Waals surface area contributed by atoms with Crippen molar-refractivity contribution in [2.45, 2.75) is 103 Å². The maximum atomic E-state index is 12.4. The smallest absolute Gasteiger partial charge is 0.306 e. The second-order valence-electron chi connectivity index (χ2n) is 10.0. The summed E-state index contributed by atoms with van der Waals surface area (Å²) in [5.41, 5.74) is 0. The molecule has 174 valence electrons. The molecule has 1 saturated heterocycles. The van der Waals surface area contributed by atoms with Gasteiger partial charge in [0.15, 0.2) is 16.6 Å². The molecule has 0 aromatic rings. The third-order valence-corrected chi connectivity index (χ3v) is 13.4. The van der Waals surface area contributed by atoms with Crippen LogP contribution < -0.4 is 0 Å². The molecule has 30 heavy (non-hydrogen) atoms. The molecule has 1 fully saturated rings. The van der Waals surface area contributed by atoms with Crippen molar-refractivity contribution in [1.82, 2.24) is 0 Å². The molecule has 1 aliphatic rings. The van der Waals surface area contributed by atoms with Crippen molar-refractivity contribution in [1.29, 1.82) is 0 Å². The number of unbranched alkanes of at least 4 members (excludes halogenated alkanes) is 1. The number of carboxylic acid groups (broad SMARTS) is 1. The van der Waals surface area contributed by atoms with E-state index in [4.69, 9.17) is 14.0 Å². The standard InChI is InChI=1S/C22H42O6Si2/c1-6-7-12-20(23)19(16-21(24)25)11-9-14-30(4,5)28-29(2,3)13-8-10-18-15-22(26)27-17-18/h18-19H,6-17H2,1-5H3,(H,24,25). The SMILES string of the molecule is CCCCC(=O)C(CCC[Si](C)(C)O[Si](C)(C)CCCC1COC(=O)C1)CC(=O)O. The number of ether oxygens (including phenoxy) is 1. The number of hydrogen-bond acceptors (Lipinski definition) is 5. The number of Topliss-reactive ketones (excluding diaryl/α,β-unsaturated/α-hetero) is 1. The lowest BCUT2D eigenvalue weighted by Crippen LogP contribution is -2.44. The minimum Gasteiger partial charge on any atom is -0.481 e. The Balaban J connectivity index is 2.42. The first kappa shape index (κ1) is 27.0. The maximum Gasteiger partial charge on any atom is 0.306 e. The molecule has 1 aliphatic heterocycles. The molecule has 1 rings (SSSR count). The van der Waals surface area contributed by atoms with Gasteiger partial charge in [-0.2, -0.15) is 0 Å². The summed E-state index contributed by atoms with van der Waals surface area (Å²) in [5.74, 6) is -0.857. The summed E-state index contributed by atoms with van der Waals surface area (Å²) in [4.78, 5) is 34.7. The Morgan fingerprint density at radius 1 is 1.13 bits per heavy atom. The van der Waals surface area contributed by atoms with E-state index in [0.29, 0.717) is 31.8 Å². The normalized spacial score (nSPS) is 18.3. The number of carbonyl (C=O) groups excluding carboxylic acids is 2. The highest BCUT2D eigenvalue weighted by Gasteiger charge is 2.33. The lowest BCUT2D eigenvalue weighted by Gasteiger charge is -2.34. The molecule has 0 aliphatic carbocycles. The Bertz CT molecular complexity index is 576. The molecular formula is C22H42O6Si2. The zero-order valence-corrected chi connectivity index (χ0v) is 21.6. The van der Waals surface area contributed by atoms with E-state index in [1.54, 1.807) is 0 Å². The first-order chi connectivity index (χ1) is 13.9. The molecule has 6 nitrogen and oxygen atoms in total. The van der Waals surface area contributed by atoms with Gasteiger partial charge in [0.1, 0.15) is 5.78 Å². The van der Waals surface area contributed by atoms with Crippen molar-refractivity contribution in [2.75, 3.05) is 6.61 Å². The van der Waals surface area contributed by atoms with Gasteiger partial charge in [0.05, 0.1) is 19.4 Å². The number of carbonyl (C=O) groups is 3. The highest BCUT2D eigenvalue weighted by atomic mass is 28.4. The molecule has 0 bridgehead atoms. The molecule has 0 aromatic carbocycles. The molecule has 0 aromatic heterocycles. The van der Waals surface area contributed by atoms with Crippen molar-refractivity contribution in [3.63, 3.8) is 0 Å². The van der Waals surface area contributed by atoms with Crippen molar-refractivity contribution < 1.29 is 28.3 Å². The van der Waals surface area contributed by atoms with Crippen LogP contribution in [-0.2, 0) is 23.2 Å². The predicted octanol–water partition coefficient (Wildman–Crippen LogP) is 5.39. The average Bonchev–Trinajstić information content (AvgIpc) is 3.02. The third-order valence-electron chi connectivity index (χ3n) is 5.86. The Labute approximate surface area is 184 Å². The third kappa shape index (κ3) is 11.4. The van der Waals surface area contributed by atoms with E-state index in [1.165, 1.54) is 0 Å². The molecular weight excluding hydrogens is 416 g/mol. The average molecular weight is 459 g/mol. The van der Waals surface area contributed by atoms with Gasteiger partial charge in [-0.05, 0) is 57.5 Å². The number of hydrogen-bond donors (Lipinski definition) is 1. The van der Waals surface area contributed by atoms with Gasteiger partial charge >= 0.3 is 11.9 Å². The van der Waals surface area contributed by atoms with Crippen LogP contribution >= 0.6 is 0 Å². The molecule has 8 heteroatoms. The summed E-state index contributed by atoms with van der Waals surface area (Å²) in [5, 5.41) is 9.16. The molecule has 1 N–H and O–H groups in total. The number of rotatable bonds is 16. The van der Waals surface area contributed by atoms with E-state index in [0.717, 1.165) is 44.2 Å². The van der Waals surface area contributed by atoms with Crippen LogP contribution in [0.15, 0.2) is 0 Å². The van der Waals surface area contributed by atoms with E-state index in [2.05, 4.69) is 26.2 Å². The summed E-state index contributed by atoms with van der Waals surface area (Å²) in [6, 6.07) is 2.02. The Morgan fingerprint density at radius 3 is 2.30 bits per heavy atom. The number of esters is 1. The molecule has 2 unspecified atom stereocenters. The van der Waals surface area contributed by atoms with Crippen LogP contribution in [0.25, 0.3) is 0 Å². The summed E-state index contributed by atoms with van der Waals surface area (Å²) < 4.78 is 11.7. The summed E-state index contributed by atoms with van der Waals surface area (Å²) in [7, 11) is -3.67. The molecule has 0 amide bonds. The second kappa shape index (κ2) is 12.8. The van der Waals surface area contributed by atoms with Crippen LogP contribution in [0, 0.1) is 11.8 Å². The van der Waals surface area contributed by atoms with Crippen molar-refractivity contribution >= 4 is 34.4 Å². The van der Waals surface area contributed by atoms with Gasteiger partial charge in [0.2, 0.25) is 0 Å². The van der Waals surface area contributed by atoms with Gasteiger partial charge < -0.3 is 14.0 Å². The topological polar surface area (TPSA) is 89.9 Å². The Kier molecular flexibility index (Phi) is 11.5. The van der Waals surface area contributed by atoms with Gasteiger partial charge in [0, 0.05) is 18.3 Å². The highest BCUT2D eigenvalue weighted by molar-refractivity contribution is 6.84. The number of cyclic esters (lactones) is 1. The Hall–Kier alpha value is -0.996. The summed E-state index contributed by atoms with van der Waals surface area (Å²) >= 11 is 0. The summed E-state index contributed by atoms with van der Waals surface area (Å²) in [6.07, 6.45) is 6.34. The van der Waals surface area contributed by atoms with Gasteiger partial charge in [-0.15, -0.1) is 0 Å². The van der Waals surface area contributed by atoms with E-state index in [9.17, 15) is 14.4 Å². The first-order valence-electron chi connectivity index (χ1n) is 11.5. The molecule has 2 atom stereocenters. The maximum absolute atomic E-state index is 12.4. The lowest BCUT2D eigenvalue weighted by molar-refractivity contribution is -0.141. The van der Waals surface area contributed by atoms with Crippen LogP contribution in [-0.4, -0.2) is 46.1 Å². The zero-order chi connectivity index (χ0) is 22.8. The fourth-order valence-corrected chi connectivity index (χ4v) is 13.2. The van der Waals surface area contributed by atoms with Gasteiger partial charge in [0.25, 0.3) is 0 Å². The number of carboxylic acids is 1. The monoisotopic (exact) mass is 458 g/mol. The molecule has 1 heterocycles. The fraction of sp³-hybridized carbons (Fsp3) is 0.864. The van der Waals surface area contributed by atoms with E-state index in [-0.39, 0.29) is 24.1 Å². The van der Waals surface area contributed by atoms with Crippen LogP contribution in [0.4, 0.5) is 0 Å². The number of ketones is 1. The van der Waals surface area contributed by atoms with Gasteiger partial charge in [-0.25, -0.2) is 0 Å². The van der Waals surface area contributed by atoms with Crippen molar-refractivity contribution in [2.24, 2.45) is 11.8 Å². The van der Waals surface area contributed by atoms with E-state index >= 15 is 0 Å². The second-order valence-corrected chi connectivity index (χ2v) is 18.9. The van der Waals surface area contributed by atoms with Crippen LogP contribution in [0.1, 0.15) is 64.7 Å².